The number of carbonyl (C=O) groups excluding carboxylic acids is 1. The van der Waals surface area contributed by atoms with Gasteiger partial charge in [0.2, 0.25) is 0 Å². The molecular weight excluding hydrogens is 100 g/mol. The molecule has 0 saturated heterocycles. The van der Waals surface area contributed by atoms with Gasteiger partial charge in [0, 0.05) is 0 Å². The molecule has 0 bridgehead atoms. The molecule has 0 fully saturated rings. The number of rotatable bonds is 0. The first kappa shape index (κ1) is 9.07. The standard InChI is InChI=1S/CH2O2S.Mg/c2-1(3)4;/h4H,(H,2,3);/q;+2/p-2. The normalized spacial score (nSPS) is 4.80. The van der Waals surface area contributed by atoms with E-state index in [-0.39, 0.29) is 23.1 Å². The fourth-order valence-electron chi connectivity index (χ4n) is 0. The second kappa shape index (κ2) is 4.46. The zero-order valence-corrected chi connectivity index (χ0v) is 4.66. The average Bonchev–Trinajstić information content (AvgIpc) is 0.811. The number of carboxylic acid groups (broad SMARTS) is 1. The molecule has 0 aromatic rings. The Bertz CT molecular complexity index is 32.6. The van der Waals surface area contributed by atoms with Crippen LogP contribution in [-0.4, -0.2) is 28.4 Å². The molecule has 0 aliphatic rings. The Morgan fingerprint density at radius 3 is 1.80 bits per heavy atom. The van der Waals surface area contributed by atoms with Gasteiger partial charge in [0.1, 0.15) is 0 Å². The smallest absolute Gasteiger partial charge is 0.764 e. The molecule has 0 spiro atoms. The maximum absolute atomic E-state index is 8.70. The Balaban J connectivity index is 0. The quantitative estimate of drug-likeness (QED) is 0.275. The summed E-state index contributed by atoms with van der Waals surface area (Å²) in [6.45, 7) is 0. The minimum absolute atomic E-state index is 0. The second-order valence-electron chi connectivity index (χ2n) is 0.250. The van der Waals surface area contributed by atoms with Crippen LogP contribution in [0.25, 0.3) is 0 Å². The zero-order valence-electron chi connectivity index (χ0n) is 2.43. The predicted octanol–water partition coefficient (Wildman–Crippen LogP) is -1.50. The molecule has 0 radical (unpaired) electrons. The summed E-state index contributed by atoms with van der Waals surface area (Å²) in [7, 11) is 0. The van der Waals surface area contributed by atoms with Crippen LogP contribution in [-0.2, 0) is 12.6 Å². The number of carbonyl (C=O) groups is 1. The van der Waals surface area contributed by atoms with Crippen LogP contribution in [0, 0.1) is 0 Å². The van der Waals surface area contributed by atoms with E-state index in [1.807, 2.05) is 0 Å². The van der Waals surface area contributed by atoms with Crippen LogP contribution >= 0.6 is 0 Å². The minimum Gasteiger partial charge on any atom is -0.764 e. The maximum Gasteiger partial charge on any atom is 2.00 e. The van der Waals surface area contributed by atoms with Crippen LogP contribution in [0.1, 0.15) is 0 Å². The summed E-state index contributed by atoms with van der Waals surface area (Å²) in [4.78, 5) is 8.70. The van der Waals surface area contributed by atoms with Crippen molar-refractivity contribution in [2.75, 3.05) is 0 Å². The second-order valence-corrected chi connectivity index (χ2v) is 0.583. The van der Waals surface area contributed by atoms with Crippen molar-refractivity contribution in [2.45, 2.75) is 0 Å². The van der Waals surface area contributed by atoms with Gasteiger partial charge in [-0.25, -0.2) is 0 Å². The first-order chi connectivity index (χ1) is 1.73. The third-order valence-electron chi connectivity index (χ3n) is 0. The Morgan fingerprint density at radius 2 is 1.80 bits per heavy atom. The zero-order chi connectivity index (χ0) is 3.58. The largest absolute Gasteiger partial charge is 2.00 e. The molecule has 0 unspecified atom stereocenters. The van der Waals surface area contributed by atoms with Crippen molar-refractivity contribution in [2.24, 2.45) is 0 Å². The van der Waals surface area contributed by atoms with Crippen LogP contribution in [0.5, 0.6) is 0 Å². The van der Waals surface area contributed by atoms with Gasteiger partial charge in [0.05, 0.1) is 0 Å². The van der Waals surface area contributed by atoms with Gasteiger partial charge in [-0.2, -0.15) is 0 Å². The van der Waals surface area contributed by atoms with Crippen molar-refractivity contribution < 1.29 is 9.90 Å². The molecule has 0 rings (SSSR count). The van der Waals surface area contributed by atoms with E-state index >= 15 is 0 Å². The molecule has 4 heteroatoms. The Morgan fingerprint density at radius 1 is 1.80 bits per heavy atom. The molecule has 5 heavy (non-hydrogen) atoms. The summed E-state index contributed by atoms with van der Waals surface area (Å²) < 4.78 is 0. The first-order valence-electron chi connectivity index (χ1n) is 0.612. The van der Waals surface area contributed by atoms with Crippen molar-refractivity contribution in [3.05, 3.63) is 0 Å². The molecule has 0 aliphatic heterocycles. The first-order valence-corrected chi connectivity index (χ1v) is 1.02. The van der Waals surface area contributed by atoms with Crippen molar-refractivity contribution >= 4 is 41.0 Å². The monoisotopic (exact) mass is 99.9 g/mol. The van der Waals surface area contributed by atoms with Crippen LogP contribution in [0.15, 0.2) is 0 Å². The van der Waals surface area contributed by atoms with E-state index in [1.54, 1.807) is 0 Å². The van der Waals surface area contributed by atoms with Gasteiger partial charge in [-0.15, -0.1) is 0 Å². The molecule has 0 heterocycles. The SMILES string of the molecule is O=C([O-])[S-].[Mg+2]. The minimum atomic E-state index is -1.50. The number of hydrogen-bond donors (Lipinski definition) is 0. The molecule has 0 N–H and O–H groups in total. The topological polar surface area (TPSA) is 40.1 Å². The molecule has 2 nitrogen and oxygen atoms in total. The fraction of sp³-hybridized carbons (Fsp3) is 0. The van der Waals surface area contributed by atoms with E-state index in [1.165, 1.54) is 0 Å². The molecule has 0 aromatic carbocycles. The summed E-state index contributed by atoms with van der Waals surface area (Å²) in [5.41, 5.74) is 0. The van der Waals surface area contributed by atoms with Crippen LogP contribution < -0.4 is 5.11 Å². The van der Waals surface area contributed by atoms with Crippen molar-refractivity contribution in [3.8, 4) is 0 Å². The summed E-state index contributed by atoms with van der Waals surface area (Å²) in [5.74, 6) is 0. The van der Waals surface area contributed by atoms with E-state index in [0.717, 1.165) is 0 Å². The molecule has 0 amide bonds. The Kier molecular flexibility index (Phi) is 8.08. The third-order valence-corrected chi connectivity index (χ3v) is 0. The average molecular weight is 100 g/mol. The van der Waals surface area contributed by atoms with E-state index in [9.17, 15) is 0 Å². The molecule has 0 atom stereocenters. The van der Waals surface area contributed by atoms with Crippen molar-refractivity contribution in [1.82, 2.24) is 0 Å². The van der Waals surface area contributed by atoms with Crippen molar-refractivity contribution in [3.63, 3.8) is 0 Å². The van der Waals surface area contributed by atoms with E-state index in [2.05, 4.69) is 12.6 Å². The summed E-state index contributed by atoms with van der Waals surface area (Å²) >= 11 is 3.43. The van der Waals surface area contributed by atoms with Gasteiger partial charge in [0.25, 0.3) is 0 Å². The van der Waals surface area contributed by atoms with Crippen LogP contribution in [0.3, 0.4) is 0 Å². The molecule has 24 valence electrons. The Hall–Kier alpha value is 0.456. The molecule has 0 aliphatic carbocycles. The predicted molar refractivity (Wildman–Crippen MR) is 18.5 cm³/mol. The van der Waals surface area contributed by atoms with Crippen LogP contribution in [0.2, 0.25) is 0 Å². The molecule has 0 saturated carbocycles. The van der Waals surface area contributed by atoms with Crippen molar-refractivity contribution in [1.29, 1.82) is 0 Å². The summed E-state index contributed by atoms with van der Waals surface area (Å²) in [6, 6.07) is 0. The van der Waals surface area contributed by atoms with E-state index < -0.39 is 5.30 Å². The summed E-state index contributed by atoms with van der Waals surface area (Å²) in [5, 5.41) is 7.20. The van der Waals surface area contributed by atoms with E-state index in [0.29, 0.717) is 0 Å². The van der Waals surface area contributed by atoms with Crippen LogP contribution in [0.4, 0.5) is 4.79 Å². The van der Waals surface area contributed by atoms with Gasteiger partial charge >= 0.3 is 23.1 Å². The fourth-order valence-corrected chi connectivity index (χ4v) is 0. The maximum atomic E-state index is 8.70. The van der Waals surface area contributed by atoms with Gasteiger partial charge in [-0.3, -0.25) is 0 Å². The summed E-state index contributed by atoms with van der Waals surface area (Å²) in [6.07, 6.45) is 0. The molecular formula is CMgO2S. The van der Waals surface area contributed by atoms with E-state index in [4.69, 9.17) is 9.90 Å². The van der Waals surface area contributed by atoms with Gasteiger partial charge in [0.15, 0.2) is 0 Å². The number of hydrogen-bond acceptors (Lipinski definition) is 3. The molecule has 0 aromatic heterocycles. The van der Waals surface area contributed by atoms with Gasteiger partial charge in [-0.05, 0) is 0 Å². The van der Waals surface area contributed by atoms with Gasteiger partial charge in [-0.1, -0.05) is 5.30 Å². The Labute approximate surface area is 51.1 Å². The van der Waals surface area contributed by atoms with Gasteiger partial charge < -0.3 is 22.5 Å². The third kappa shape index (κ3) is 129.